The summed E-state index contributed by atoms with van der Waals surface area (Å²) in [5.74, 6) is 0.736. The minimum atomic E-state index is 0.462. The first kappa shape index (κ1) is 15.0. The van der Waals surface area contributed by atoms with Crippen LogP contribution >= 0.6 is 0 Å². The lowest BCUT2D eigenvalue weighted by Crippen LogP contribution is -2.40. The fraction of sp³-hybridized carbons (Fsp3) is 1.00. The van der Waals surface area contributed by atoms with Crippen LogP contribution in [0.2, 0.25) is 0 Å². The van der Waals surface area contributed by atoms with Crippen molar-refractivity contribution in [1.29, 1.82) is 0 Å². The van der Waals surface area contributed by atoms with Crippen molar-refractivity contribution in [1.82, 2.24) is 4.90 Å². The van der Waals surface area contributed by atoms with Crippen LogP contribution in [0.25, 0.3) is 0 Å². The van der Waals surface area contributed by atoms with Crippen LogP contribution in [-0.2, 0) is 0 Å². The lowest BCUT2D eigenvalue weighted by atomic mass is 9.72. The van der Waals surface area contributed by atoms with E-state index in [2.05, 4.69) is 32.7 Å². The second kappa shape index (κ2) is 6.75. The van der Waals surface area contributed by atoms with Gasteiger partial charge in [-0.2, -0.15) is 0 Å². The zero-order chi connectivity index (χ0) is 12.9. The Morgan fingerprint density at radius 1 is 1.12 bits per heavy atom. The normalized spacial score (nSPS) is 22.1. The average molecular weight is 240 g/mol. The molecule has 1 aliphatic carbocycles. The topological polar surface area (TPSA) is 29.3 Å². The molecule has 2 heteroatoms. The first-order valence-corrected chi connectivity index (χ1v) is 7.41. The highest BCUT2D eigenvalue weighted by Crippen LogP contribution is 2.38. The van der Waals surface area contributed by atoms with Gasteiger partial charge in [-0.05, 0) is 57.7 Å². The molecule has 1 rings (SSSR count). The van der Waals surface area contributed by atoms with Crippen molar-refractivity contribution >= 4 is 0 Å². The molecule has 17 heavy (non-hydrogen) atoms. The molecule has 0 aromatic carbocycles. The minimum absolute atomic E-state index is 0.462. The van der Waals surface area contributed by atoms with Gasteiger partial charge in [0.2, 0.25) is 0 Å². The third-order valence-electron chi connectivity index (χ3n) is 5.00. The van der Waals surface area contributed by atoms with Crippen molar-refractivity contribution in [2.24, 2.45) is 17.1 Å². The van der Waals surface area contributed by atoms with Gasteiger partial charge in [0.05, 0.1) is 0 Å². The van der Waals surface area contributed by atoms with Gasteiger partial charge in [0.15, 0.2) is 0 Å². The van der Waals surface area contributed by atoms with Crippen LogP contribution in [0.5, 0.6) is 0 Å². The predicted octanol–water partition coefficient (Wildman–Crippen LogP) is 3.26. The molecule has 1 saturated carbocycles. The summed E-state index contributed by atoms with van der Waals surface area (Å²) in [7, 11) is 2.26. The second-order valence-electron chi connectivity index (χ2n) is 6.48. The lowest BCUT2D eigenvalue weighted by Gasteiger charge is -2.39. The molecule has 0 bridgehead atoms. The van der Waals surface area contributed by atoms with E-state index in [-0.39, 0.29) is 0 Å². The third kappa shape index (κ3) is 4.26. The molecular weight excluding hydrogens is 208 g/mol. The standard InChI is InChI=1S/C15H32N2/c1-13(2)14(3)17(4)11-10-15(12-16)8-6-5-7-9-15/h13-14H,5-12,16H2,1-4H3. The second-order valence-corrected chi connectivity index (χ2v) is 6.48. The van der Waals surface area contributed by atoms with E-state index in [0.717, 1.165) is 12.5 Å². The van der Waals surface area contributed by atoms with E-state index in [9.17, 15) is 0 Å². The smallest absolute Gasteiger partial charge is 0.00868 e. The van der Waals surface area contributed by atoms with Crippen LogP contribution in [0.4, 0.5) is 0 Å². The molecule has 1 aliphatic rings. The SMILES string of the molecule is CC(C)C(C)N(C)CCC1(CN)CCCCC1. The molecule has 1 atom stereocenters. The van der Waals surface area contributed by atoms with Crippen molar-refractivity contribution < 1.29 is 0 Å². The molecule has 0 aliphatic heterocycles. The quantitative estimate of drug-likeness (QED) is 0.772. The Balaban J connectivity index is 2.41. The van der Waals surface area contributed by atoms with Crippen LogP contribution in [0.1, 0.15) is 59.3 Å². The predicted molar refractivity (Wildman–Crippen MR) is 76.1 cm³/mol. The molecule has 0 heterocycles. The van der Waals surface area contributed by atoms with Gasteiger partial charge in [-0.15, -0.1) is 0 Å². The highest BCUT2D eigenvalue weighted by atomic mass is 15.1. The highest BCUT2D eigenvalue weighted by molar-refractivity contribution is 4.85. The summed E-state index contributed by atoms with van der Waals surface area (Å²) >= 11 is 0. The van der Waals surface area contributed by atoms with E-state index in [4.69, 9.17) is 5.73 Å². The Morgan fingerprint density at radius 3 is 2.18 bits per heavy atom. The van der Waals surface area contributed by atoms with Gasteiger partial charge in [0.1, 0.15) is 0 Å². The number of rotatable bonds is 6. The van der Waals surface area contributed by atoms with Crippen LogP contribution in [0.15, 0.2) is 0 Å². The molecule has 1 unspecified atom stereocenters. The van der Waals surface area contributed by atoms with Crippen LogP contribution in [0.3, 0.4) is 0 Å². The van der Waals surface area contributed by atoms with Crippen molar-refractivity contribution in [2.45, 2.75) is 65.3 Å². The molecule has 1 fully saturated rings. The number of nitrogens with zero attached hydrogens (tertiary/aromatic N) is 1. The zero-order valence-electron chi connectivity index (χ0n) is 12.3. The number of hydrogen-bond acceptors (Lipinski definition) is 2. The maximum atomic E-state index is 6.04. The molecule has 2 nitrogen and oxygen atoms in total. The van der Waals surface area contributed by atoms with Gasteiger partial charge in [-0.3, -0.25) is 0 Å². The van der Waals surface area contributed by atoms with E-state index >= 15 is 0 Å². The summed E-state index contributed by atoms with van der Waals surface area (Å²) in [5.41, 5.74) is 6.50. The van der Waals surface area contributed by atoms with Crippen molar-refractivity contribution in [3.8, 4) is 0 Å². The van der Waals surface area contributed by atoms with Crippen LogP contribution in [0, 0.1) is 11.3 Å². The summed E-state index contributed by atoms with van der Waals surface area (Å²) in [6.07, 6.45) is 8.19. The molecule has 102 valence electrons. The summed E-state index contributed by atoms with van der Waals surface area (Å²) < 4.78 is 0. The Morgan fingerprint density at radius 2 is 1.71 bits per heavy atom. The number of hydrogen-bond donors (Lipinski definition) is 1. The Kier molecular flexibility index (Phi) is 5.94. The first-order valence-electron chi connectivity index (χ1n) is 7.41. The summed E-state index contributed by atoms with van der Waals surface area (Å²) in [4.78, 5) is 2.51. The molecule has 0 amide bonds. The maximum Gasteiger partial charge on any atom is 0.00868 e. The third-order valence-corrected chi connectivity index (χ3v) is 5.00. The van der Waals surface area contributed by atoms with E-state index in [1.807, 2.05) is 0 Å². The highest BCUT2D eigenvalue weighted by Gasteiger charge is 2.30. The summed E-state index contributed by atoms with van der Waals surface area (Å²) in [6, 6.07) is 0.674. The minimum Gasteiger partial charge on any atom is -0.330 e. The molecular formula is C15H32N2. The monoisotopic (exact) mass is 240 g/mol. The fourth-order valence-corrected chi connectivity index (χ4v) is 2.98. The maximum absolute atomic E-state index is 6.04. The molecule has 0 spiro atoms. The van der Waals surface area contributed by atoms with Crippen LogP contribution in [-0.4, -0.2) is 31.1 Å². The average Bonchev–Trinajstić information content (AvgIpc) is 2.36. The summed E-state index contributed by atoms with van der Waals surface area (Å²) in [5, 5.41) is 0. The Hall–Kier alpha value is -0.0800. The van der Waals surface area contributed by atoms with Gasteiger partial charge in [-0.1, -0.05) is 33.1 Å². The largest absolute Gasteiger partial charge is 0.330 e. The van der Waals surface area contributed by atoms with Crippen LogP contribution < -0.4 is 5.73 Å². The molecule has 0 aromatic heterocycles. The molecule has 2 N–H and O–H groups in total. The van der Waals surface area contributed by atoms with E-state index < -0.39 is 0 Å². The van der Waals surface area contributed by atoms with Gasteiger partial charge in [-0.25, -0.2) is 0 Å². The van der Waals surface area contributed by atoms with Crippen molar-refractivity contribution in [3.63, 3.8) is 0 Å². The van der Waals surface area contributed by atoms with Crippen molar-refractivity contribution in [2.75, 3.05) is 20.1 Å². The molecule has 0 saturated heterocycles. The van der Waals surface area contributed by atoms with Crippen molar-refractivity contribution in [3.05, 3.63) is 0 Å². The van der Waals surface area contributed by atoms with E-state index in [1.165, 1.54) is 45.1 Å². The van der Waals surface area contributed by atoms with E-state index in [1.54, 1.807) is 0 Å². The number of nitrogens with two attached hydrogens (primary N) is 1. The van der Waals surface area contributed by atoms with Gasteiger partial charge >= 0.3 is 0 Å². The molecule has 0 aromatic rings. The zero-order valence-corrected chi connectivity index (χ0v) is 12.3. The first-order chi connectivity index (χ1) is 8.01. The van der Waals surface area contributed by atoms with Gasteiger partial charge in [0.25, 0.3) is 0 Å². The summed E-state index contributed by atoms with van der Waals surface area (Å²) in [6.45, 7) is 9.04. The molecule has 0 radical (unpaired) electrons. The Bertz CT molecular complexity index is 207. The van der Waals surface area contributed by atoms with E-state index in [0.29, 0.717) is 11.5 Å². The fourth-order valence-electron chi connectivity index (χ4n) is 2.98. The lowest BCUT2D eigenvalue weighted by molar-refractivity contribution is 0.130. The van der Waals surface area contributed by atoms with Gasteiger partial charge in [0, 0.05) is 6.04 Å². The van der Waals surface area contributed by atoms with Gasteiger partial charge < -0.3 is 10.6 Å². The Labute approximate surface area is 108 Å².